The molecule has 0 saturated carbocycles. The number of aromatic nitrogens is 3. The zero-order chi connectivity index (χ0) is 21.5. The summed E-state index contributed by atoms with van der Waals surface area (Å²) in [6.45, 7) is 4.86. The molecule has 1 aromatic heterocycles. The van der Waals surface area contributed by atoms with Gasteiger partial charge in [0.2, 0.25) is 5.91 Å². The van der Waals surface area contributed by atoms with Crippen molar-refractivity contribution < 1.29 is 9.53 Å². The molecule has 1 N–H and O–H groups in total. The van der Waals surface area contributed by atoms with Gasteiger partial charge in [0, 0.05) is 16.5 Å². The van der Waals surface area contributed by atoms with Gasteiger partial charge in [0.05, 0.1) is 24.3 Å². The second-order valence-corrected chi connectivity index (χ2v) is 8.85. The van der Waals surface area contributed by atoms with Crippen LogP contribution in [-0.2, 0) is 17.1 Å². The number of thioether (sulfide) groups is 2. The number of methoxy groups -OCH3 is 1. The second-order valence-electron chi connectivity index (χ2n) is 6.43. The first-order chi connectivity index (χ1) is 14.5. The summed E-state index contributed by atoms with van der Waals surface area (Å²) < 4.78 is 7.31. The highest BCUT2D eigenvalue weighted by atomic mass is 35.5. The highest BCUT2D eigenvalue weighted by Crippen LogP contribution is 2.28. The van der Waals surface area contributed by atoms with Crippen LogP contribution in [0.15, 0.2) is 52.5 Å². The predicted molar refractivity (Wildman–Crippen MR) is 124 cm³/mol. The van der Waals surface area contributed by atoms with E-state index in [9.17, 15) is 4.79 Å². The molecule has 0 fully saturated rings. The van der Waals surface area contributed by atoms with E-state index in [2.05, 4.69) is 46.7 Å². The van der Waals surface area contributed by atoms with E-state index in [0.29, 0.717) is 16.5 Å². The molecule has 3 aromatic rings. The Labute approximate surface area is 189 Å². The van der Waals surface area contributed by atoms with Crippen molar-refractivity contribution in [2.75, 3.05) is 18.2 Å². The maximum absolute atomic E-state index is 12.4. The van der Waals surface area contributed by atoms with Crippen molar-refractivity contribution in [3.8, 4) is 5.75 Å². The van der Waals surface area contributed by atoms with Crippen molar-refractivity contribution in [2.24, 2.45) is 0 Å². The van der Waals surface area contributed by atoms with Crippen LogP contribution < -0.4 is 10.1 Å². The SMILES string of the molecule is CCn1c(CSc2ccc(C)cc2)nnc1SCC(=O)Nc1cc(Cl)ccc1OC. The van der Waals surface area contributed by atoms with E-state index in [1.54, 1.807) is 37.1 Å². The first-order valence-electron chi connectivity index (χ1n) is 9.38. The maximum Gasteiger partial charge on any atom is 0.234 e. The van der Waals surface area contributed by atoms with E-state index in [1.165, 1.54) is 22.2 Å². The molecule has 0 radical (unpaired) electrons. The largest absolute Gasteiger partial charge is 0.495 e. The Bertz CT molecular complexity index is 1010. The third-order valence-electron chi connectivity index (χ3n) is 4.27. The second kappa shape index (κ2) is 10.7. The van der Waals surface area contributed by atoms with Gasteiger partial charge in [-0.3, -0.25) is 4.79 Å². The predicted octanol–water partition coefficient (Wildman–Crippen LogP) is 5.29. The van der Waals surface area contributed by atoms with Crippen LogP contribution in [0.5, 0.6) is 5.75 Å². The molecule has 0 aliphatic rings. The number of nitrogens with zero attached hydrogens (tertiary/aromatic N) is 3. The van der Waals surface area contributed by atoms with E-state index in [4.69, 9.17) is 16.3 Å². The van der Waals surface area contributed by atoms with Gasteiger partial charge < -0.3 is 14.6 Å². The Morgan fingerprint density at radius 1 is 1.17 bits per heavy atom. The lowest BCUT2D eigenvalue weighted by molar-refractivity contribution is -0.113. The number of nitrogens with one attached hydrogen (secondary N) is 1. The van der Waals surface area contributed by atoms with Gasteiger partial charge >= 0.3 is 0 Å². The molecule has 1 amide bonds. The monoisotopic (exact) mass is 462 g/mol. The Hall–Kier alpha value is -2.16. The average Bonchev–Trinajstić information content (AvgIpc) is 3.14. The van der Waals surface area contributed by atoms with Crippen LogP contribution in [0, 0.1) is 6.92 Å². The number of aryl methyl sites for hydroxylation is 1. The highest BCUT2D eigenvalue weighted by molar-refractivity contribution is 7.99. The minimum Gasteiger partial charge on any atom is -0.495 e. The zero-order valence-corrected chi connectivity index (χ0v) is 19.4. The van der Waals surface area contributed by atoms with Crippen molar-refractivity contribution >= 4 is 46.7 Å². The van der Waals surface area contributed by atoms with Crippen molar-refractivity contribution in [2.45, 2.75) is 36.2 Å². The van der Waals surface area contributed by atoms with E-state index in [-0.39, 0.29) is 11.7 Å². The third kappa shape index (κ3) is 5.93. The Morgan fingerprint density at radius 2 is 1.93 bits per heavy atom. The number of anilines is 1. The molecule has 2 aromatic carbocycles. The minimum atomic E-state index is -0.165. The topological polar surface area (TPSA) is 69.0 Å². The minimum absolute atomic E-state index is 0.165. The van der Waals surface area contributed by atoms with Gasteiger partial charge in [-0.15, -0.1) is 22.0 Å². The summed E-state index contributed by atoms with van der Waals surface area (Å²) in [5.41, 5.74) is 1.78. The Balaban J connectivity index is 1.59. The number of amides is 1. The van der Waals surface area contributed by atoms with Crippen LogP contribution in [0.25, 0.3) is 0 Å². The molecular formula is C21H23ClN4O2S2. The molecule has 0 bridgehead atoms. The van der Waals surface area contributed by atoms with E-state index in [1.807, 2.05) is 11.5 Å². The zero-order valence-electron chi connectivity index (χ0n) is 17.0. The molecule has 0 atom stereocenters. The van der Waals surface area contributed by atoms with Crippen molar-refractivity contribution in [3.05, 3.63) is 58.9 Å². The molecule has 9 heteroatoms. The number of benzene rings is 2. The van der Waals surface area contributed by atoms with E-state index >= 15 is 0 Å². The van der Waals surface area contributed by atoms with Crippen molar-refractivity contribution in [1.82, 2.24) is 14.8 Å². The summed E-state index contributed by atoms with van der Waals surface area (Å²) in [4.78, 5) is 13.6. The van der Waals surface area contributed by atoms with Crippen LogP contribution in [-0.4, -0.2) is 33.5 Å². The number of carbonyl (C=O) groups excluding carboxylic acids is 1. The van der Waals surface area contributed by atoms with Gasteiger partial charge in [0.15, 0.2) is 5.16 Å². The molecular weight excluding hydrogens is 440 g/mol. The standard InChI is InChI=1S/C21H23ClN4O2S2/c1-4-26-19(12-29-16-8-5-14(2)6-9-16)24-25-21(26)30-13-20(27)23-17-11-15(22)7-10-18(17)28-3/h5-11H,4,12-13H2,1-3H3,(H,23,27). The first kappa shape index (κ1) is 22.5. The first-order valence-corrected chi connectivity index (χ1v) is 11.7. The molecule has 30 heavy (non-hydrogen) atoms. The quantitative estimate of drug-likeness (QED) is 0.435. The molecule has 6 nitrogen and oxygen atoms in total. The van der Waals surface area contributed by atoms with Crippen LogP contribution in [0.3, 0.4) is 0 Å². The van der Waals surface area contributed by atoms with Gasteiger partial charge in [0.1, 0.15) is 11.6 Å². The molecule has 0 unspecified atom stereocenters. The summed E-state index contributed by atoms with van der Waals surface area (Å²) in [5.74, 6) is 2.21. The van der Waals surface area contributed by atoms with Crippen LogP contribution in [0.2, 0.25) is 5.02 Å². The Kier molecular flexibility index (Phi) is 8.07. The van der Waals surface area contributed by atoms with Crippen molar-refractivity contribution in [1.29, 1.82) is 0 Å². The number of ether oxygens (including phenoxy) is 1. The van der Waals surface area contributed by atoms with Gasteiger partial charge in [-0.1, -0.05) is 41.1 Å². The van der Waals surface area contributed by atoms with E-state index in [0.717, 1.165) is 23.3 Å². The third-order valence-corrected chi connectivity index (χ3v) is 6.48. The summed E-state index contributed by atoms with van der Waals surface area (Å²) in [5, 5.41) is 12.7. The molecule has 0 aliphatic carbocycles. The normalized spacial score (nSPS) is 10.8. The van der Waals surface area contributed by atoms with Gasteiger partial charge in [-0.05, 0) is 44.2 Å². The molecule has 0 aliphatic heterocycles. The van der Waals surface area contributed by atoms with Crippen molar-refractivity contribution in [3.63, 3.8) is 0 Å². The maximum atomic E-state index is 12.4. The molecule has 1 heterocycles. The van der Waals surface area contributed by atoms with E-state index < -0.39 is 0 Å². The molecule has 158 valence electrons. The summed E-state index contributed by atoms with van der Waals surface area (Å²) in [7, 11) is 1.55. The smallest absolute Gasteiger partial charge is 0.234 e. The lowest BCUT2D eigenvalue weighted by Crippen LogP contribution is -2.15. The summed E-state index contributed by atoms with van der Waals surface area (Å²) >= 11 is 9.09. The van der Waals surface area contributed by atoms with Gasteiger partial charge in [0.25, 0.3) is 0 Å². The fraction of sp³-hybridized carbons (Fsp3) is 0.286. The fourth-order valence-corrected chi connectivity index (χ4v) is 4.56. The Morgan fingerprint density at radius 3 is 2.63 bits per heavy atom. The number of halogens is 1. The number of carbonyl (C=O) groups is 1. The lowest BCUT2D eigenvalue weighted by atomic mass is 10.2. The average molecular weight is 463 g/mol. The number of rotatable bonds is 9. The van der Waals surface area contributed by atoms with Gasteiger partial charge in [-0.2, -0.15) is 0 Å². The fourth-order valence-electron chi connectivity index (χ4n) is 2.73. The van der Waals surface area contributed by atoms with Crippen LogP contribution in [0.1, 0.15) is 18.3 Å². The number of hydrogen-bond acceptors (Lipinski definition) is 6. The van der Waals surface area contributed by atoms with Crippen LogP contribution >= 0.6 is 35.1 Å². The molecule has 3 rings (SSSR count). The number of hydrogen-bond donors (Lipinski definition) is 1. The summed E-state index contributed by atoms with van der Waals surface area (Å²) in [6.07, 6.45) is 0. The lowest BCUT2D eigenvalue weighted by Gasteiger charge is -2.11. The molecule has 0 saturated heterocycles. The van der Waals surface area contributed by atoms with Gasteiger partial charge in [-0.25, -0.2) is 0 Å². The summed E-state index contributed by atoms with van der Waals surface area (Å²) in [6, 6.07) is 13.5. The van der Waals surface area contributed by atoms with Crippen LogP contribution in [0.4, 0.5) is 5.69 Å². The highest BCUT2D eigenvalue weighted by Gasteiger charge is 2.15. The molecule has 0 spiro atoms.